The highest BCUT2D eigenvalue weighted by atomic mass is 16.6. The normalized spacial score (nSPS) is 15.5. The topological polar surface area (TPSA) is 67.6 Å². The van der Waals surface area contributed by atoms with E-state index in [0.29, 0.717) is 13.2 Å². The molecule has 6 nitrogen and oxygen atoms in total. The van der Waals surface area contributed by atoms with Crippen molar-refractivity contribution < 1.29 is 14.1 Å². The van der Waals surface area contributed by atoms with Gasteiger partial charge in [-0.1, -0.05) is 17.3 Å². The number of aromatic nitrogens is 1. The maximum Gasteiger partial charge on any atom is 0.414 e. The van der Waals surface area contributed by atoms with E-state index in [1.807, 2.05) is 26.0 Å². The first-order chi connectivity index (χ1) is 12.1. The van der Waals surface area contributed by atoms with Crippen LogP contribution in [0.1, 0.15) is 42.0 Å². The molecule has 1 aliphatic rings. The molecule has 1 N–H and O–H groups in total. The number of nitrogens with zero attached hydrogens (tertiary/aromatic N) is 2. The summed E-state index contributed by atoms with van der Waals surface area (Å²) in [5.74, 6) is 0.913. The van der Waals surface area contributed by atoms with E-state index in [1.54, 1.807) is 4.90 Å². The predicted octanol–water partition coefficient (Wildman–Crippen LogP) is 3.53. The van der Waals surface area contributed by atoms with Crippen molar-refractivity contribution in [1.82, 2.24) is 10.5 Å². The van der Waals surface area contributed by atoms with Gasteiger partial charge in [0.2, 0.25) is 0 Å². The number of ether oxygens (including phenoxy) is 1. The van der Waals surface area contributed by atoms with Gasteiger partial charge in [-0.15, -0.1) is 0 Å². The molecule has 134 valence electrons. The molecule has 0 spiro atoms. The summed E-state index contributed by atoms with van der Waals surface area (Å²) >= 11 is 0. The average Bonchev–Trinajstić information content (AvgIpc) is 3.18. The van der Waals surface area contributed by atoms with Gasteiger partial charge in [-0.25, -0.2) is 4.79 Å². The van der Waals surface area contributed by atoms with Gasteiger partial charge in [-0.2, -0.15) is 0 Å². The molecule has 1 unspecified atom stereocenters. The molecule has 2 heterocycles. The molecule has 0 aliphatic carbocycles. The van der Waals surface area contributed by atoms with Crippen LogP contribution in [0, 0.1) is 13.8 Å². The number of rotatable bonds is 7. The minimum atomic E-state index is -0.266. The molecular weight excluding hydrogens is 318 g/mol. The number of carbonyl (C=O) groups excluding carboxylic acids is 1. The zero-order chi connectivity index (χ0) is 17.8. The molecule has 1 aliphatic heterocycles. The standard InChI is InChI=1S/C19H25N3O3/c1-13(20-9-5-8-18-14(2)21-25-15(18)3)16-6-4-7-17(12-16)22-10-11-24-19(22)23/h4,6-7,12-13,20H,5,8-11H2,1-3H3. The van der Waals surface area contributed by atoms with Crippen molar-refractivity contribution in [2.75, 3.05) is 24.6 Å². The van der Waals surface area contributed by atoms with Gasteiger partial charge in [-0.3, -0.25) is 4.90 Å². The number of cyclic esters (lactones) is 1. The van der Waals surface area contributed by atoms with E-state index in [1.165, 1.54) is 5.56 Å². The van der Waals surface area contributed by atoms with Crippen LogP contribution in [0.2, 0.25) is 0 Å². The van der Waals surface area contributed by atoms with E-state index in [-0.39, 0.29) is 12.1 Å². The van der Waals surface area contributed by atoms with Crippen molar-refractivity contribution in [3.63, 3.8) is 0 Å². The zero-order valence-corrected chi connectivity index (χ0v) is 15.0. The zero-order valence-electron chi connectivity index (χ0n) is 15.0. The van der Waals surface area contributed by atoms with Crippen LogP contribution in [-0.2, 0) is 11.2 Å². The van der Waals surface area contributed by atoms with Crippen molar-refractivity contribution in [3.05, 3.63) is 46.8 Å². The summed E-state index contributed by atoms with van der Waals surface area (Å²) in [7, 11) is 0. The Labute approximate surface area is 148 Å². The lowest BCUT2D eigenvalue weighted by atomic mass is 10.1. The lowest BCUT2D eigenvalue weighted by molar-refractivity contribution is 0.181. The molecule has 6 heteroatoms. The molecule has 1 aromatic carbocycles. The number of carbonyl (C=O) groups is 1. The van der Waals surface area contributed by atoms with E-state index >= 15 is 0 Å². The van der Waals surface area contributed by atoms with Crippen LogP contribution in [-0.4, -0.2) is 30.9 Å². The van der Waals surface area contributed by atoms with Crippen LogP contribution < -0.4 is 10.2 Å². The van der Waals surface area contributed by atoms with Gasteiger partial charge in [0.25, 0.3) is 0 Å². The Morgan fingerprint density at radius 3 is 2.88 bits per heavy atom. The summed E-state index contributed by atoms with van der Waals surface area (Å²) < 4.78 is 10.2. The first-order valence-corrected chi connectivity index (χ1v) is 8.75. The van der Waals surface area contributed by atoms with Gasteiger partial charge in [0.1, 0.15) is 12.4 Å². The van der Waals surface area contributed by atoms with E-state index in [4.69, 9.17) is 9.26 Å². The van der Waals surface area contributed by atoms with Crippen LogP contribution in [0.4, 0.5) is 10.5 Å². The second-order valence-electron chi connectivity index (χ2n) is 6.44. The summed E-state index contributed by atoms with van der Waals surface area (Å²) in [5.41, 5.74) is 4.25. The predicted molar refractivity (Wildman–Crippen MR) is 95.9 cm³/mol. The second-order valence-corrected chi connectivity index (χ2v) is 6.44. The molecule has 1 fully saturated rings. The van der Waals surface area contributed by atoms with Gasteiger partial charge < -0.3 is 14.6 Å². The van der Waals surface area contributed by atoms with E-state index < -0.39 is 0 Å². The average molecular weight is 343 g/mol. The Morgan fingerprint density at radius 1 is 1.36 bits per heavy atom. The fourth-order valence-corrected chi connectivity index (χ4v) is 3.15. The van der Waals surface area contributed by atoms with Crippen molar-refractivity contribution >= 4 is 11.8 Å². The Morgan fingerprint density at radius 2 is 2.20 bits per heavy atom. The van der Waals surface area contributed by atoms with Gasteiger partial charge in [0.05, 0.1) is 12.2 Å². The Hall–Kier alpha value is -2.34. The number of hydrogen-bond donors (Lipinski definition) is 1. The quantitative estimate of drug-likeness (QED) is 0.779. The molecule has 3 rings (SSSR count). The van der Waals surface area contributed by atoms with Crippen molar-refractivity contribution in [2.24, 2.45) is 0 Å². The second kappa shape index (κ2) is 7.70. The van der Waals surface area contributed by atoms with Gasteiger partial charge in [0, 0.05) is 17.3 Å². The first-order valence-electron chi connectivity index (χ1n) is 8.75. The highest BCUT2D eigenvalue weighted by molar-refractivity contribution is 5.89. The fourth-order valence-electron chi connectivity index (χ4n) is 3.15. The van der Waals surface area contributed by atoms with E-state index in [9.17, 15) is 4.79 Å². The minimum absolute atomic E-state index is 0.211. The number of benzene rings is 1. The lowest BCUT2D eigenvalue weighted by Gasteiger charge is -2.18. The highest BCUT2D eigenvalue weighted by Crippen LogP contribution is 2.23. The molecule has 1 aromatic heterocycles. The summed E-state index contributed by atoms with van der Waals surface area (Å²) in [4.78, 5) is 13.4. The molecule has 2 aromatic rings. The monoisotopic (exact) mass is 343 g/mol. The number of amides is 1. The van der Waals surface area contributed by atoms with Crippen LogP contribution >= 0.6 is 0 Å². The van der Waals surface area contributed by atoms with E-state index in [0.717, 1.165) is 42.1 Å². The molecule has 0 bridgehead atoms. The van der Waals surface area contributed by atoms with Crippen LogP contribution in [0.25, 0.3) is 0 Å². The Bertz CT molecular complexity index is 722. The summed E-state index contributed by atoms with van der Waals surface area (Å²) in [5, 5.41) is 7.54. The summed E-state index contributed by atoms with van der Waals surface area (Å²) in [6, 6.07) is 8.27. The van der Waals surface area contributed by atoms with Crippen molar-refractivity contribution in [2.45, 2.75) is 39.7 Å². The van der Waals surface area contributed by atoms with Gasteiger partial charge in [-0.05, 0) is 57.9 Å². The lowest BCUT2D eigenvalue weighted by Crippen LogP contribution is -2.24. The Balaban J connectivity index is 1.53. The van der Waals surface area contributed by atoms with Gasteiger partial charge >= 0.3 is 6.09 Å². The number of hydrogen-bond acceptors (Lipinski definition) is 5. The summed E-state index contributed by atoms with van der Waals surface area (Å²) in [6.45, 7) is 8.05. The first kappa shape index (κ1) is 17.5. The number of aryl methyl sites for hydroxylation is 2. The molecule has 1 atom stereocenters. The molecule has 25 heavy (non-hydrogen) atoms. The van der Waals surface area contributed by atoms with E-state index in [2.05, 4.69) is 29.5 Å². The molecule has 0 saturated carbocycles. The number of anilines is 1. The Kier molecular flexibility index (Phi) is 5.38. The SMILES string of the molecule is Cc1noc(C)c1CCCNC(C)c1cccc(N2CCOC2=O)c1. The maximum atomic E-state index is 11.7. The highest BCUT2D eigenvalue weighted by Gasteiger charge is 2.23. The third kappa shape index (κ3) is 4.02. The summed E-state index contributed by atoms with van der Waals surface area (Å²) in [6.07, 6.45) is 1.71. The minimum Gasteiger partial charge on any atom is -0.447 e. The van der Waals surface area contributed by atoms with Crippen LogP contribution in [0.5, 0.6) is 0 Å². The molecule has 1 saturated heterocycles. The molecule has 1 amide bonds. The maximum absolute atomic E-state index is 11.7. The number of nitrogens with one attached hydrogen (secondary N) is 1. The van der Waals surface area contributed by atoms with Crippen molar-refractivity contribution in [3.8, 4) is 0 Å². The third-order valence-electron chi connectivity index (χ3n) is 4.68. The molecular formula is C19H25N3O3. The van der Waals surface area contributed by atoms with Gasteiger partial charge in [0.15, 0.2) is 0 Å². The van der Waals surface area contributed by atoms with Crippen LogP contribution in [0.15, 0.2) is 28.8 Å². The largest absolute Gasteiger partial charge is 0.447 e. The van der Waals surface area contributed by atoms with Crippen LogP contribution in [0.3, 0.4) is 0 Å². The molecule has 0 radical (unpaired) electrons. The smallest absolute Gasteiger partial charge is 0.414 e. The fraction of sp³-hybridized carbons (Fsp3) is 0.474. The van der Waals surface area contributed by atoms with Crippen molar-refractivity contribution in [1.29, 1.82) is 0 Å². The third-order valence-corrected chi connectivity index (χ3v) is 4.68.